The number of hydrogen-bond donors (Lipinski definition) is 3. The van der Waals surface area contributed by atoms with Gasteiger partial charge < -0.3 is 20.1 Å². The lowest BCUT2D eigenvalue weighted by Crippen LogP contribution is -2.32. The number of sulfonamides is 1. The summed E-state index contributed by atoms with van der Waals surface area (Å²) < 4.78 is 39.7. The van der Waals surface area contributed by atoms with Crippen molar-refractivity contribution >= 4 is 27.3 Å². The Kier molecular flexibility index (Phi) is 8.00. The second-order valence-corrected chi connectivity index (χ2v) is 10.4. The number of carbonyl (C=O) groups excluding carboxylic acids is 1. The molecule has 0 heterocycles. The molecule has 1 aliphatic rings. The molecule has 0 bridgehead atoms. The molecule has 1 saturated carbocycles. The summed E-state index contributed by atoms with van der Waals surface area (Å²) in [7, 11) is -0.776. The molecule has 1 aliphatic carbocycles. The number of hydrogen-bond acceptors (Lipinski definition) is 6. The summed E-state index contributed by atoms with van der Waals surface area (Å²) in [5.41, 5.74) is 2.07. The first-order chi connectivity index (χ1) is 17.4. The van der Waals surface area contributed by atoms with Crippen molar-refractivity contribution in [1.29, 1.82) is 0 Å². The van der Waals surface area contributed by atoms with Gasteiger partial charge in [0.25, 0.3) is 15.9 Å². The number of benzene rings is 3. The minimum atomic E-state index is -3.94. The highest BCUT2D eigenvalue weighted by Crippen LogP contribution is 2.27. The maximum Gasteiger partial charge on any atom is 0.261 e. The normalized spacial score (nSPS) is 13.7. The molecule has 0 unspecified atom stereocenters. The second kappa shape index (κ2) is 11.3. The number of rotatable bonds is 10. The van der Waals surface area contributed by atoms with Crippen LogP contribution in [0.25, 0.3) is 0 Å². The zero-order chi connectivity index (χ0) is 25.5. The maximum atomic E-state index is 13.2. The Morgan fingerprint density at radius 1 is 0.917 bits per heavy atom. The predicted octanol–water partition coefficient (Wildman–Crippen LogP) is 4.79. The van der Waals surface area contributed by atoms with Crippen molar-refractivity contribution in [2.45, 2.75) is 43.2 Å². The van der Waals surface area contributed by atoms with Crippen LogP contribution in [0.15, 0.2) is 71.6 Å². The van der Waals surface area contributed by atoms with Crippen LogP contribution in [0.3, 0.4) is 0 Å². The average Bonchev–Trinajstić information content (AvgIpc) is 3.40. The quantitative estimate of drug-likeness (QED) is 0.363. The van der Waals surface area contributed by atoms with Gasteiger partial charge in [-0.3, -0.25) is 9.52 Å². The van der Waals surface area contributed by atoms with Crippen LogP contribution in [0.4, 0.5) is 11.4 Å². The largest absolute Gasteiger partial charge is 0.497 e. The minimum Gasteiger partial charge on any atom is -0.497 e. The lowest BCUT2D eigenvalue weighted by molar-refractivity contribution is 0.0937. The van der Waals surface area contributed by atoms with Gasteiger partial charge in [-0.2, -0.15) is 0 Å². The van der Waals surface area contributed by atoms with Crippen molar-refractivity contribution in [3.05, 3.63) is 77.9 Å². The van der Waals surface area contributed by atoms with E-state index in [2.05, 4.69) is 15.4 Å². The lowest BCUT2D eigenvalue weighted by Gasteiger charge is -2.16. The molecule has 36 heavy (non-hydrogen) atoms. The monoisotopic (exact) mass is 509 g/mol. The van der Waals surface area contributed by atoms with Crippen molar-refractivity contribution in [3.8, 4) is 11.5 Å². The fourth-order valence-corrected chi connectivity index (χ4v) is 5.37. The van der Waals surface area contributed by atoms with Gasteiger partial charge in [0.05, 0.1) is 19.1 Å². The summed E-state index contributed by atoms with van der Waals surface area (Å²) in [6.45, 7) is 0.354. The van der Waals surface area contributed by atoms with Gasteiger partial charge in [0, 0.05) is 41.2 Å². The number of carbonyl (C=O) groups is 1. The molecule has 3 aromatic carbocycles. The SMILES string of the molecule is COc1ccc(CNc2cc(C(=O)NC3CCCC3)cc(S(=O)(=O)Nc3ccccc3)c2)c(OC)c1. The van der Waals surface area contributed by atoms with E-state index >= 15 is 0 Å². The van der Waals surface area contributed by atoms with Crippen LogP contribution in [0.2, 0.25) is 0 Å². The summed E-state index contributed by atoms with van der Waals surface area (Å²) in [5, 5.41) is 6.28. The van der Waals surface area contributed by atoms with Crippen LogP contribution in [0.5, 0.6) is 11.5 Å². The van der Waals surface area contributed by atoms with E-state index in [9.17, 15) is 13.2 Å². The van der Waals surface area contributed by atoms with Crippen molar-refractivity contribution in [2.24, 2.45) is 0 Å². The standard InChI is InChI=1S/C27H31N3O5S/c1-34-24-13-12-19(26(17-24)35-2)18-28-23-14-20(27(31)29-21-8-6-7-9-21)15-25(16-23)36(32,33)30-22-10-4-3-5-11-22/h3-5,10-17,21,28,30H,6-9,18H2,1-2H3,(H,29,31). The van der Waals surface area contributed by atoms with E-state index < -0.39 is 10.0 Å². The van der Waals surface area contributed by atoms with Crippen LogP contribution in [-0.4, -0.2) is 34.6 Å². The Labute approximate surface area is 212 Å². The molecule has 0 saturated heterocycles. The molecule has 0 radical (unpaired) electrons. The van der Waals surface area contributed by atoms with Crippen LogP contribution < -0.4 is 24.8 Å². The number of nitrogens with one attached hydrogen (secondary N) is 3. The zero-order valence-electron chi connectivity index (χ0n) is 20.4. The molecule has 0 atom stereocenters. The summed E-state index contributed by atoms with van der Waals surface area (Å²) in [4.78, 5) is 13.0. The molecule has 1 fully saturated rings. The van der Waals surface area contributed by atoms with Gasteiger partial charge >= 0.3 is 0 Å². The number of para-hydroxylation sites is 1. The first-order valence-electron chi connectivity index (χ1n) is 11.9. The highest BCUT2D eigenvalue weighted by Gasteiger charge is 2.22. The van der Waals surface area contributed by atoms with Crippen LogP contribution in [0, 0.1) is 0 Å². The first kappa shape index (κ1) is 25.4. The molecule has 1 amide bonds. The Morgan fingerprint density at radius 3 is 2.36 bits per heavy atom. The Bertz CT molecular complexity index is 1310. The topological polar surface area (TPSA) is 106 Å². The molecule has 3 N–H and O–H groups in total. The smallest absolute Gasteiger partial charge is 0.261 e. The fourth-order valence-electron chi connectivity index (χ4n) is 4.24. The Hall–Kier alpha value is -3.72. The van der Waals surface area contributed by atoms with E-state index in [0.717, 1.165) is 31.2 Å². The van der Waals surface area contributed by atoms with E-state index in [1.54, 1.807) is 56.7 Å². The molecule has 190 valence electrons. The van der Waals surface area contributed by atoms with E-state index in [0.29, 0.717) is 29.4 Å². The second-order valence-electron chi connectivity index (χ2n) is 8.70. The van der Waals surface area contributed by atoms with Gasteiger partial charge in [0.1, 0.15) is 11.5 Å². The number of anilines is 2. The van der Waals surface area contributed by atoms with Crippen molar-refractivity contribution in [2.75, 3.05) is 24.3 Å². The van der Waals surface area contributed by atoms with Crippen LogP contribution >= 0.6 is 0 Å². The molecule has 0 aliphatic heterocycles. The molecule has 4 rings (SSSR count). The molecular formula is C27H31N3O5S. The third-order valence-electron chi connectivity index (χ3n) is 6.17. The number of ether oxygens (including phenoxy) is 2. The highest BCUT2D eigenvalue weighted by atomic mass is 32.2. The van der Waals surface area contributed by atoms with Gasteiger partial charge in [-0.05, 0) is 55.3 Å². The van der Waals surface area contributed by atoms with E-state index in [1.165, 1.54) is 12.1 Å². The summed E-state index contributed by atoms with van der Waals surface area (Å²) in [5.74, 6) is 1.01. The van der Waals surface area contributed by atoms with Crippen LogP contribution in [0.1, 0.15) is 41.6 Å². The number of methoxy groups -OCH3 is 2. The number of amides is 1. The lowest BCUT2D eigenvalue weighted by atomic mass is 10.1. The molecule has 8 nitrogen and oxygen atoms in total. The average molecular weight is 510 g/mol. The zero-order valence-corrected chi connectivity index (χ0v) is 21.2. The van der Waals surface area contributed by atoms with Gasteiger partial charge in [-0.15, -0.1) is 0 Å². The first-order valence-corrected chi connectivity index (χ1v) is 13.3. The van der Waals surface area contributed by atoms with Crippen molar-refractivity contribution in [1.82, 2.24) is 5.32 Å². The van der Waals surface area contributed by atoms with Crippen LogP contribution in [-0.2, 0) is 16.6 Å². The van der Waals surface area contributed by atoms with E-state index in [1.807, 2.05) is 12.1 Å². The van der Waals surface area contributed by atoms with E-state index in [-0.39, 0.29) is 22.4 Å². The summed E-state index contributed by atoms with van der Waals surface area (Å²) in [6.07, 6.45) is 4.02. The Morgan fingerprint density at radius 2 is 1.67 bits per heavy atom. The minimum absolute atomic E-state index is 0.00498. The molecule has 9 heteroatoms. The maximum absolute atomic E-state index is 13.2. The molecule has 3 aromatic rings. The summed E-state index contributed by atoms with van der Waals surface area (Å²) >= 11 is 0. The molecule has 0 spiro atoms. The fraction of sp³-hybridized carbons (Fsp3) is 0.296. The molecule has 0 aromatic heterocycles. The van der Waals surface area contributed by atoms with E-state index in [4.69, 9.17) is 9.47 Å². The van der Waals surface area contributed by atoms with Gasteiger partial charge in [-0.25, -0.2) is 8.42 Å². The van der Waals surface area contributed by atoms with Crippen molar-refractivity contribution in [3.63, 3.8) is 0 Å². The Balaban J connectivity index is 1.63. The highest BCUT2D eigenvalue weighted by molar-refractivity contribution is 7.92. The third-order valence-corrected chi connectivity index (χ3v) is 7.53. The van der Waals surface area contributed by atoms with Gasteiger partial charge in [0.15, 0.2) is 0 Å². The molecular weight excluding hydrogens is 478 g/mol. The van der Waals surface area contributed by atoms with Crippen molar-refractivity contribution < 1.29 is 22.7 Å². The third kappa shape index (κ3) is 6.28. The predicted molar refractivity (Wildman–Crippen MR) is 140 cm³/mol. The van der Waals surface area contributed by atoms with Gasteiger partial charge in [-0.1, -0.05) is 31.0 Å². The van der Waals surface area contributed by atoms with Gasteiger partial charge in [0.2, 0.25) is 0 Å². The summed E-state index contributed by atoms with van der Waals surface area (Å²) in [6, 6.07) is 18.8.